The molecule has 1 aliphatic carbocycles. The molecule has 2 rings (SSSR count). The Labute approximate surface area is 100 Å². The zero-order valence-corrected chi connectivity index (χ0v) is 9.66. The molecule has 0 aromatic heterocycles. The van der Waals surface area contributed by atoms with Crippen molar-refractivity contribution < 1.29 is 9.18 Å². The molecule has 1 unspecified atom stereocenters. The Bertz CT molecular complexity index is 385. The van der Waals surface area contributed by atoms with Crippen LogP contribution in [0.25, 0.3) is 0 Å². The number of amides is 1. The maximum Gasteiger partial charge on any atom is 0.239 e. The first-order chi connectivity index (χ1) is 8.16. The van der Waals surface area contributed by atoms with Crippen molar-refractivity contribution in [1.29, 1.82) is 0 Å². The van der Waals surface area contributed by atoms with E-state index in [1.165, 1.54) is 25.0 Å². The van der Waals surface area contributed by atoms with Crippen LogP contribution in [0.3, 0.4) is 0 Å². The van der Waals surface area contributed by atoms with E-state index < -0.39 is 11.9 Å². The molecule has 1 fully saturated rings. The number of nitrogens with two attached hydrogens (primary N) is 1. The van der Waals surface area contributed by atoms with Crippen LogP contribution in [-0.2, 0) is 4.79 Å². The van der Waals surface area contributed by atoms with Gasteiger partial charge in [-0.2, -0.15) is 0 Å². The predicted octanol–water partition coefficient (Wildman–Crippen LogP) is 1.88. The van der Waals surface area contributed by atoms with Crippen molar-refractivity contribution in [3.05, 3.63) is 35.6 Å². The molecule has 3 N–H and O–H groups in total. The van der Waals surface area contributed by atoms with Crippen molar-refractivity contribution in [1.82, 2.24) is 5.32 Å². The number of carbonyl (C=O) groups is 1. The van der Waals surface area contributed by atoms with Crippen LogP contribution in [0.5, 0.6) is 0 Å². The van der Waals surface area contributed by atoms with Crippen molar-refractivity contribution in [2.24, 2.45) is 5.73 Å². The van der Waals surface area contributed by atoms with Gasteiger partial charge in [0, 0.05) is 6.04 Å². The molecular weight excluding hydrogens is 219 g/mol. The van der Waals surface area contributed by atoms with Crippen LogP contribution >= 0.6 is 0 Å². The molecular formula is C13H17FN2O. The number of nitrogens with one attached hydrogen (secondary N) is 1. The van der Waals surface area contributed by atoms with Crippen molar-refractivity contribution >= 4 is 5.91 Å². The second kappa shape index (κ2) is 5.27. The third-order valence-corrected chi connectivity index (χ3v) is 3.25. The van der Waals surface area contributed by atoms with E-state index in [1.807, 2.05) is 0 Å². The number of primary amides is 1. The first-order valence-electron chi connectivity index (χ1n) is 5.97. The van der Waals surface area contributed by atoms with Crippen molar-refractivity contribution in [2.45, 2.75) is 37.8 Å². The van der Waals surface area contributed by atoms with Crippen LogP contribution in [0.4, 0.5) is 4.39 Å². The van der Waals surface area contributed by atoms with Gasteiger partial charge in [-0.05, 0) is 30.5 Å². The standard InChI is InChI=1S/C13H17FN2O/c14-10-7-5-9(6-8-10)12(13(15)17)16-11-3-1-2-4-11/h5-8,11-12,16H,1-4H2,(H2,15,17). The summed E-state index contributed by atoms with van der Waals surface area (Å²) in [5.74, 6) is -0.721. The van der Waals surface area contributed by atoms with Crippen LogP contribution in [0.15, 0.2) is 24.3 Å². The van der Waals surface area contributed by atoms with Crippen LogP contribution in [-0.4, -0.2) is 11.9 Å². The highest BCUT2D eigenvalue weighted by Gasteiger charge is 2.23. The van der Waals surface area contributed by atoms with Gasteiger partial charge in [-0.3, -0.25) is 10.1 Å². The molecule has 1 atom stereocenters. The molecule has 0 spiro atoms. The van der Waals surface area contributed by atoms with Gasteiger partial charge < -0.3 is 5.73 Å². The molecule has 0 heterocycles. The van der Waals surface area contributed by atoms with E-state index in [2.05, 4.69) is 5.32 Å². The van der Waals surface area contributed by atoms with Crippen LogP contribution in [0.1, 0.15) is 37.3 Å². The number of rotatable bonds is 4. The maximum atomic E-state index is 12.8. The van der Waals surface area contributed by atoms with Gasteiger partial charge >= 0.3 is 0 Å². The molecule has 1 amide bonds. The molecule has 1 aromatic carbocycles. The summed E-state index contributed by atoms with van der Waals surface area (Å²) < 4.78 is 12.8. The molecule has 1 saturated carbocycles. The fraction of sp³-hybridized carbons (Fsp3) is 0.462. The zero-order chi connectivity index (χ0) is 12.3. The molecule has 4 heteroatoms. The number of carbonyl (C=O) groups excluding carboxylic acids is 1. The Morgan fingerprint density at radius 2 is 1.88 bits per heavy atom. The van der Waals surface area contributed by atoms with Gasteiger partial charge in [0.15, 0.2) is 0 Å². The number of halogens is 1. The lowest BCUT2D eigenvalue weighted by molar-refractivity contribution is -0.120. The molecule has 0 bridgehead atoms. The van der Waals surface area contributed by atoms with Gasteiger partial charge in [0.25, 0.3) is 0 Å². The molecule has 0 saturated heterocycles. The molecule has 1 aromatic rings. The Morgan fingerprint density at radius 1 is 1.29 bits per heavy atom. The van der Waals surface area contributed by atoms with Crippen molar-refractivity contribution in [3.8, 4) is 0 Å². The normalized spacial score (nSPS) is 18.2. The molecule has 0 aliphatic heterocycles. The molecule has 3 nitrogen and oxygen atoms in total. The first-order valence-corrected chi connectivity index (χ1v) is 5.97. The fourth-order valence-corrected chi connectivity index (χ4v) is 2.33. The highest BCUT2D eigenvalue weighted by Crippen LogP contribution is 2.22. The third-order valence-electron chi connectivity index (χ3n) is 3.25. The van der Waals surface area contributed by atoms with E-state index in [0.717, 1.165) is 18.4 Å². The highest BCUT2D eigenvalue weighted by atomic mass is 19.1. The van der Waals surface area contributed by atoms with E-state index in [0.29, 0.717) is 6.04 Å². The number of hydrogen-bond donors (Lipinski definition) is 2. The SMILES string of the molecule is NC(=O)C(NC1CCCC1)c1ccc(F)cc1. The Morgan fingerprint density at radius 3 is 2.41 bits per heavy atom. The lowest BCUT2D eigenvalue weighted by atomic mass is 10.0. The lowest BCUT2D eigenvalue weighted by Crippen LogP contribution is -2.38. The Balaban J connectivity index is 2.10. The monoisotopic (exact) mass is 236 g/mol. The van der Waals surface area contributed by atoms with E-state index in [1.54, 1.807) is 12.1 Å². The quantitative estimate of drug-likeness (QED) is 0.838. The van der Waals surface area contributed by atoms with Crippen molar-refractivity contribution in [3.63, 3.8) is 0 Å². The van der Waals surface area contributed by atoms with Crippen LogP contribution in [0, 0.1) is 5.82 Å². The molecule has 1 aliphatic rings. The van der Waals surface area contributed by atoms with Crippen LogP contribution < -0.4 is 11.1 Å². The molecule has 17 heavy (non-hydrogen) atoms. The maximum absolute atomic E-state index is 12.8. The Hall–Kier alpha value is -1.42. The van der Waals surface area contributed by atoms with Gasteiger partial charge in [0.05, 0.1) is 0 Å². The van der Waals surface area contributed by atoms with Gasteiger partial charge in [-0.1, -0.05) is 25.0 Å². The lowest BCUT2D eigenvalue weighted by Gasteiger charge is -2.20. The second-order valence-electron chi connectivity index (χ2n) is 4.53. The minimum absolute atomic E-state index is 0.308. The average Bonchev–Trinajstić information content (AvgIpc) is 2.80. The molecule has 92 valence electrons. The van der Waals surface area contributed by atoms with Gasteiger partial charge in [0.1, 0.15) is 11.9 Å². The topological polar surface area (TPSA) is 55.1 Å². The van der Waals surface area contributed by atoms with Crippen molar-refractivity contribution in [2.75, 3.05) is 0 Å². The summed E-state index contributed by atoms with van der Waals surface area (Å²) in [7, 11) is 0. The third kappa shape index (κ3) is 3.03. The summed E-state index contributed by atoms with van der Waals surface area (Å²) in [4.78, 5) is 11.4. The summed E-state index contributed by atoms with van der Waals surface area (Å²) in [5.41, 5.74) is 6.12. The largest absolute Gasteiger partial charge is 0.368 e. The number of benzene rings is 1. The highest BCUT2D eigenvalue weighted by molar-refractivity contribution is 5.81. The molecule has 0 radical (unpaired) electrons. The second-order valence-corrected chi connectivity index (χ2v) is 4.53. The minimum atomic E-state index is -0.515. The fourth-order valence-electron chi connectivity index (χ4n) is 2.33. The van der Waals surface area contributed by atoms with Gasteiger partial charge in [-0.15, -0.1) is 0 Å². The number of hydrogen-bond acceptors (Lipinski definition) is 2. The summed E-state index contributed by atoms with van der Waals surface area (Å²) >= 11 is 0. The van der Waals surface area contributed by atoms with Crippen LogP contribution in [0.2, 0.25) is 0 Å². The van der Waals surface area contributed by atoms with E-state index in [9.17, 15) is 9.18 Å². The minimum Gasteiger partial charge on any atom is -0.368 e. The van der Waals surface area contributed by atoms with Gasteiger partial charge in [-0.25, -0.2) is 4.39 Å². The summed E-state index contributed by atoms with van der Waals surface area (Å²) in [6, 6.07) is 5.74. The average molecular weight is 236 g/mol. The smallest absolute Gasteiger partial charge is 0.239 e. The van der Waals surface area contributed by atoms with E-state index in [-0.39, 0.29) is 5.82 Å². The van der Waals surface area contributed by atoms with Gasteiger partial charge in [0.2, 0.25) is 5.91 Å². The first kappa shape index (κ1) is 12.0. The predicted molar refractivity (Wildman–Crippen MR) is 63.7 cm³/mol. The zero-order valence-electron chi connectivity index (χ0n) is 9.66. The summed E-state index contributed by atoms with van der Waals surface area (Å²) in [6.07, 6.45) is 4.52. The van der Waals surface area contributed by atoms with E-state index >= 15 is 0 Å². The Kier molecular flexibility index (Phi) is 3.74. The van der Waals surface area contributed by atoms with E-state index in [4.69, 9.17) is 5.73 Å². The summed E-state index contributed by atoms with van der Waals surface area (Å²) in [5, 5.41) is 3.25. The summed E-state index contributed by atoms with van der Waals surface area (Å²) in [6.45, 7) is 0.